The summed E-state index contributed by atoms with van der Waals surface area (Å²) in [6.45, 7) is 6.03. The maximum atomic E-state index is 12.2. The standard InChI is InChI=1S/C13H22N4O2/c1-4-19-11-6-5-7-17(9-11)13(18)14-12-8-10(2)15-16(12)3/h8,11H,4-7,9H2,1-3H3,(H,14,18)/t11-/m1/s1. The van der Waals surface area contributed by atoms with Crippen molar-refractivity contribution in [1.29, 1.82) is 0 Å². The van der Waals surface area contributed by atoms with Crippen molar-refractivity contribution in [3.8, 4) is 0 Å². The molecule has 0 aliphatic carbocycles. The van der Waals surface area contributed by atoms with Crippen LogP contribution in [0, 0.1) is 6.92 Å². The molecule has 1 N–H and O–H groups in total. The Labute approximate surface area is 113 Å². The Balaban J connectivity index is 1.94. The van der Waals surface area contributed by atoms with Gasteiger partial charge in [0, 0.05) is 32.8 Å². The first kappa shape index (κ1) is 13.9. The minimum Gasteiger partial charge on any atom is -0.377 e. The Hall–Kier alpha value is -1.56. The van der Waals surface area contributed by atoms with Gasteiger partial charge in [-0.25, -0.2) is 4.79 Å². The third kappa shape index (κ3) is 3.47. The number of likely N-dealkylation sites (tertiary alicyclic amines) is 1. The van der Waals surface area contributed by atoms with E-state index in [1.807, 2.05) is 31.9 Å². The molecule has 2 amide bonds. The summed E-state index contributed by atoms with van der Waals surface area (Å²) in [4.78, 5) is 14.0. The van der Waals surface area contributed by atoms with Crippen LogP contribution in [0.15, 0.2) is 6.07 Å². The van der Waals surface area contributed by atoms with Crippen molar-refractivity contribution >= 4 is 11.8 Å². The molecule has 1 aromatic heterocycles. The van der Waals surface area contributed by atoms with Gasteiger partial charge in [0.25, 0.3) is 0 Å². The average Bonchev–Trinajstić information content (AvgIpc) is 2.68. The van der Waals surface area contributed by atoms with Crippen LogP contribution in [0.4, 0.5) is 10.6 Å². The van der Waals surface area contributed by atoms with Gasteiger partial charge in [-0.1, -0.05) is 0 Å². The van der Waals surface area contributed by atoms with Gasteiger partial charge in [0.05, 0.1) is 11.8 Å². The first-order valence-corrected chi connectivity index (χ1v) is 6.78. The van der Waals surface area contributed by atoms with E-state index < -0.39 is 0 Å². The van der Waals surface area contributed by atoms with Gasteiger partial charge in [0.15, 0.2) is 0 Å². The van der Waals surface area contributed by atoms with E-state index in [2.05, 4.69) is 10.4 Å². The van der Waals surface area contributed by atoms with Gasteiger partial charge in [-0.05, 0) is 26.7 Å². The van der Waals surface area contributed by atoms with E-state index in [9.17, 15) is 4.79 Å². The monoisotopic (exact) mass is 266 g/mol. The highest BCUT2D eigenvalue weighted by atomic mass is 16.5. The first-order chi connectivity index (χ1) is 9.10. The Bertz CT molecular complexity index is 442. The molecule has 1 aromatic rings. The van der Waals surface area contributed by atoms with Gasteiger partial charge < -0.3 is 9.64 Å². The summed E-state index contributed by atoms with van der Waals surface area (Å²) in [5.41, 5.74) is 0.892. The van der Waals surface area contributed by atoms with Crippen molar-refractivity contribution in [2.24, 2.45) is 7.05 Å². The molecule has 6 heteroatoms. The zero-order valence-corrected chi connectivity index (χ0v) is 11.8. The van der Waals surface area contributed by atoms with Crippen molar-refractivity contribution in [1.82, 2.24) is 14.7 Å². The number of carbonyl (C=O) groups is 1. The quantitative estimate of drug-likeness (QED) is 0.907. The molecule has 6 nitrogen and oxygen atoms in total. The summed E-state index contributed by atoms with van der Waals surface area (Å²) in [6, 6.07) is 1.79. The average molecular weight is 266 g/mol. The molecule has 0 unspecified atom stereocenters. The highest BCUT2D eigenvalue weighted by molar-refractivity contribution is 5.88. The number of nitrogens with zero attached hydrogens (tertiary/aromatic N) is 3. The molecule has 1 aliphatic rings. The molecule has 0 spiro atoms. The number of hydrogen-bond donors (Lipinski definition) is 1. The largest absolute Gasteiger partial charge is 0.377 e. The molecular weight excluding hydrogens is 244 g/mol. The van der Waals surface area contributed by atoms with E-state index in [1.54, 1.807) is 4.68 Å². The molecule has 0 saturated carbocycles. The maximum absolute atomic E-state index is 12.2. The normalized spacial score (nSPS) is 19.5. The van der Waals surface area contributed by atoms with Crippen molar-refractivity contribution in [3.05, 3.63) is 11.8 Å². The second kappa shape index (κ2) is 6.06. The van der Waals surface area contributed by atoms with Crippen LogP contribution in [0.2, 0.25) is 0 Å². The Morgan fingerprint density at radius 1 is 1.63 bits per heavy atom. The minimum absolute atomic E-state index is 0.0765. The fraction of sp³-hybridized carbons (Fsp3) is 0.692. The third-order valence-electron chi connectivity index (χ3n) is 3.30. The number of amides is 2. The second-order valence-electron chi connectivity index (χ2n) is 4.89. The van der Waals surface area contributed by atoms with Crippen molar-refractivity contribution < 1.29 is 9.53 Å². The molecular formula is C13H22N4O2. The highest BCUT2D eigenvalue weighted by Gasteiger charge is 2.24. The number of hydrogen-bond acceptors (Lipinski definition) is 3. The summed E-state index contributed by atoms with van der Waals surface area (Å²) in [5, 5.41) is 7.11. The van der Waals surface area contributed by atoms with Gasteiger partial charge in [0.1, 0.15) is 5.82 Å². The van der Waals surface area contributed by atoms with Gasteiger partial charge in [0.2, 0.25) is 0 Å². The van der Waals surface area contributed by atoms with E-state index in [4.69, 9.17) is 4.74 Å². The predicted octanol–water partition coefficient (Wildman–Crippen LogP) is 1.76. The van der Waals surface area contributed by atoms with Crippen molar-refractivity contribution in [2.75, 3.05) is 25.0 Å². The molecule has 19 heavy (non-hydrogen) atoms. The van der Waals surface area contributed by atoms with Crippen LogP contribution in [0.3, 0.4) is 0 Å². The SMILES string of the molecule is CCO[C@@H]1CCCN(C(=O)Nc2cc(C)nn2C)C1. The molecule has 1 fully saturated rings. The number of ether oxygens (including phenoxy) is 1. The summed E-state index contributed by atoms with van der Waals surface area (Å²) in [5.74, 6) is 0.723. The van der Waals surface area contributed by atoms with Gasteiger partial charge in [-0.15, -0.1) is 0 Å². The highest BCUT2D eigenvalue weighted by Crippen LogP contribution is 2.15. The number of piperidine rings is 1. The van der Waals surface area contributed by atoms with Gasteiger partial charge in [-0.3, -0.25) is 10.00 Å². The molecule has 1 aliphatic heterocycles. The van der Waals surface area contributed by atoms with Crippen molar-refractivity contribution in [2.45, 2.75) is 32.8 Å². The van der Waals surface area contributed by atoms with Crippen LogP contribution in [0.1, 0.15) is 25.5 Å². The second-order valence-corrected chi connectivity index (χ2v) is 4.89. The van der Waals surface area contributed by atoms with Crippen LogP contribution < -0.4 is 5.32 Å². The number of nitrogens with one attached hydrogen (secondary N) is 1. The van der Waals surface area contributed by atoms with Crippen LogP contribution >= 0.6 is 0 Å². The summed E-state index contributed by atoms with van der Waals surface area (Å²) >= 11 is 0. The molecule has 0 bridgehead atoms. The zero-order chi connectivity index (χ0) is 13.8. The lowest BCUT2D eigenvalue weighted by atomic mass is 10.1. The number of anilines is 1. The molecule has 2 heterocycles. The fourth-order valence-electron chi connectivity index (χ4n) is 2.41. The van der Waals surface area contributed by atoms with E-state index in [0.717, 1.165) is 30.9 Å². The van der Waals surface area contributed by atoms with E-state index in [-0.39, 0.29) is 12.1 Å². The van der Waals surface area contributed by atoms with Crippen LogP contribution in [0.5, 0.6) is 0 Å². The van der Waals surface area contributed by atoms with Gasteiger partial charge >= 0.3 is 6.03 Å². The number of aryl methyl sites for hydroxylation is 2. The molecule has 106 valence electrons. The van der Waals surface area contributed by atoms with E-state index in [0.29, 0.717) is 13.2 Å². The van der Waals surface area contributed by atoms with Crippen LogP contribution in [-0.4, -0.2) is 46.5 Å². The minimum atomic E-state index is -0.0765. The molecule has 0 radical (unpaired) electrons. The van der Waals surface area contributed by atoms with E-state index in [1.165, 1.54) is 0 Å². The Morgan fingerprint density at radius 3 is 3.05 bits per heavy atom. The Morgan fingerprint density at radius 2 is 2.42 bits per heavy atom. The number of aromatic nitrogens is 2. The first-order valence-electron chi connectivity index (χ1n) is 6.78. The van der Waals surface area contributed by atoms with Crippen LogP contribution in [-0.2, 0) is 11.8 Å². The number of urea groups is 1. The lowest BCUT2D eigenvalue weighted by Crippen LogP contribution is -2.45. The number of carbonyl (C=O) groups excluding carboxylic acids is 1. The molecule has 0 aromatic carbocycles. The summed E-state index contributed by atoms with van der Waals surface area (Å²) < 4.78 is 7.28. The third-order valence-corrected chi connectivity index (χ3v) is 3.30. The number of rotatable bonds is 3. The van der Waals surface area contributed by atoms with E-state index >= 15 is 0 Å². The summed E-state index contributed by atoms with van der Waals surface area (Å²) in [6.07, 6.45) is 2.18. The zero-order valence-electron chi connectivity index (χ0n) is 11.8. The molecule has 1 saturated heterocycles. The lowest BCUT2D eigenvalue weighted by molar-refractivity contribution is 0.0181. The summed E-state index contributed by atoms with van der Waals surface area (Å²) in [7, 11) is 1.82. The fourth-order valence-corrected chi connectivity index (χ4v) is 2.41. The molecule has 1 atom stereocenters. The molecule has 2 rings (SSSR count). The smallest absolute Gasteiger partial charge is 0.323 e. The van der Waals surface area contributed by atoms with Crippen molar-refractivity contribution in [3.63, 3.8) is 0 Å². The maximum Gasteiger partial charge on any atom is 0.323 e. The topological polar surface area (TPSA) is 59.4 Å². The Kier molecular flexibility index (Phi) is 4.42. The predicted molar refractivity (Wildman–Crippen MR) is 73.2 cm³/mol. The van der Waals surface area contributed by atoms with Gasteiger partial charge in [-0.2, -0.15) is 5.10 Å². The van der Waals surface area contributed by atoms with Crippen LogP contribution in [0.25, 0.3) is 0 Å². The lowest BCUT2D eigenvalue weighted by Gasteiger charge is -2.32.